The zero-order valence-corrected chi connectivity index (χ0v) is 13.2. The van der Waals surface area contributed by atoms with Crippen LogP contribution in [0, 0.1) is 0 Å². The molecule has 0 saturated carbocycles. The number of hydrogen-bond acceptors (Lipinski definition) is 6. The lowest BCUT2D eigenvalue weighted by atomic mass is 10.1. The van der Waals surface area contributed by atoms with Gasteiger partial charge in [-0.1, -0.05) is 47.3 Å². The molecule has 0 N–H and O–H groups in total. The molecule has 0 bridgehead atoms. The summed E-state index contributed by atoms with van der Waals surface area (Å²) in [5.41, 5.74) is 1.54. The van der Waals surface area contributed by atoms with E-state index in [0.29, 0.717) is 22.2 Å². The third-order valence-electron chi connectivity index (χ3n) is 3.29. The molecule has 3 rings (SSSR count). The summed E-state index contributed by atoms with van der Waals surface area (Å²) in [7, 11) is 1.30. The summed E-state index contributed by atoms with van der Waals surface area (Å²) in [6.45, 7) is 0.255. The van der Waals surface area contributed by atoms with Crippen LogP contribution in [0.4, 0.5) is 0 Å². The van der Waals surface area contributed by atoms with Crippen LogP contribution in [0.3, 0.4) is 0 Å². The highest BCUT2D eigenvalue weighted by molar-refractivity contribution is 8.04. The van der Waals surface area contributed by atoms with Gasteiger partial charge in [0.25, 0.3) is 0 Å². The lowest BCUT2D eigenvalue weighted by Crippen LogP contribution is -2.24. The fourth-order valence-corrected chi connectivity index (χ4v) is 3.08. The van der Waals surface area contributed by atoms with Gasteiger partial charge in [0.1, 0.15) is 5.69 Å². The highest BCUT2D eigenvalue weighted by Crippen LogP contribution is 2.31. The quantitative estimate of drug-likeness (QED) is 0.633. The summed E-state index contributed by atoms with van der Waals surface area (Å²) in [5, 5.41) is 4.56. The highest BCUT2D eigenvalue weighted by atomic mass is 32.2. The number of aromatic nitrogens is 1. The second kappa shape index (κ2) is 6.70. The van der Waals surface area contributed by atoms with Gasteiger partial charge >= 0.3 is 5.97 Å². The standard InChI is InChI=1S/C16H14N2O4S/c1-21-16(20)8-15-18(14(19)10-23-15)9-12-7-13(22-17-12)11-5-3-2-4-6-11/h2-8H,9-10H2,1H3/b15-8-. The summed E-state index contributed by atoms with van der Waals surface area (Å²) < 4.78 is 9.93. The maximum Gasteiger partial charge on any atom is 0.333 e. The van der Waals surface area contributed by atoms with Crippen molar-refractivity contribution in [3.05, 3.63) is 53.2 Å². The molecule has 6 nitrogen and oxygen atoms in total. The van der Waals surface area contributed by atoms with E-state index < -0.39 is 5.97 Å². The van der Waals surface area contributed by atoms with E-state index in [0.717, 1.165) is 5.56 Å². The number of thioether (sulfide) groups is 1. The molecule has 1 aromatic heterocycles. The Morgan fingerprint density at radius 2 is 2.22 bits per heavy atom. The first-order valence-corrected chi connectivity index (χ1v) is 7.90. The monoisotopic (exact) mass is 330 g/mol. The van der Waals surface area contributed by atoms with E-state index in [2.05, 4.69) is 9.89 Å². The molecule has 1 amide bonds. The number of esters is 1. The topological polar surface area (TPSA) is 72.6 Å². The number of rotatable bonds is 4. The number of nitrogens with zero attached hydrogens (tertiary/aromatic N) is 2. The lowest BCUT2D eigenvalue weighted by molar-refractivity contribution is -0.134. The number of hydrogen-bond donors (Lipinski definition) is 0. The fourth-order valence-electron chi connectivity index (χ4n) is 2.15. The molecule has 7 heteroatoms. The van der Waals surface area contributed by atoms with E-state index in [9.17, 15) is 9.59 Å². The Hall–Kier alpha value is -2.54. The van der Waals surface area contributed by atoms with Gasteiger partial charge in [-0.25, -0.2) is 4.79 Å². The number of carbonyl (C=O) groups excluding carboxylic acids is 2. The van der Waals surface area contributed by atoms with Crippen LogP contribution in [0.25, 0.3) is 11.3 Å². The van der Waals surface area contributed by atoms with E-state index in [-0.39, 0.29) is 12.5 Å². The van der Waals surface area contributed by atoms with Crippen molar-refractivity contribution in [2.24, 2.45) is 0 Å². The molecule has 2 heterocycles. The minimum absolute atomic E-state index is 0.0746. The Morgan fingerprint density at radius 3 is 2.96 bits per heavy atom. The molecule has 118 valence electrons. The SMILES string of the molecule is COC(=O)/C=C1\SCC(=O)N1Cc1cc(-c2ccccc2)on1. The van der Waals surface area contributed by atoms with Gasteiger partial charge in [0.05, 0.1) is 30.5 Å². The minimum Gasteiger partial charge on any atom is -0.466 e. The van der Waals surface area contributed by atoms with Crippen LogP contribution in [-0.2, 0) is 20.9 Å². The number of benzene rings is 1. The van der Waals surface area contributed by atoms with Crippen molar-refractivity contribution < 1.29 is 18.8 Å². The van der Waals surface area contributed by atoms with Gasteiger partial charge in [-0.05, 0) is 0 Å². The van der Waals surface area contributed by atoms with Gasteiger partial charge in [0.2, 0.25) is 5.91 Å². The maximum atomic E-state index is 12.0. The van der Waals surface area contributed by atoms with E-state index in [4.69, 9.17) is 4.52 Å². The third-order valence-corrected chi connectivity index (χ3v) is 4.32. The van der Waals surface area contributed by atoms with Gasteiger partial charge in [0, 0.05) is 11.6 Å². The van der Waals surface area contributed by atoms with Gasteiger partial charge in [0.15, 0.2) is 5.76 Å². The van der Waals surface area contributed by atoms with Crippen LogP contribution in [-0.4, -0.2) is 34.8 Å². The summed E-state index contributed by atoms with van der Waals surface area (Å²) in [5.74, 6) is 0.372. The fraction of sp³-hybridized carbons (Fsp3) is 0.188. The smallest absolute Gasteiger partial charge is 0.333 e. The van der Waals surface area contributed by atoms with Crippen molar-refractivity contribution in [1.29, 1.82) is 0 Å². The molecule has 1 aromatic carbocycles. The molecule has 1 aliphatic heterocycles. The third kappa shape index (κ3) is 3.45. The van der Waals surface area contributed by atoms with Crippen molar-refractivity contribution >= 4 is 23.6 Å². The molecule has 2 aromatic rings. The van der Waals surface area contributed by atoms with E-state index in [1.165, 1.54) is 29.8 Å². The minimum atomic E-state index is -0.489. The van der Waals surface area contributed by atoms with Crippen molar-refractivity contribution in [3.63, 3.8) is 0 Å². The molecule has 1 aliphatic rings. The molecular weight excluding hydrogens is 316 g/mol. The molecule has 0 aliphatic carbocycles. The van der Waals surface area contributed by atoms with Crippen LogP contribution in [0.5, 0.6) is 0 Å². The maximum absolute atomic E-state index is 12.0. The Morgan fingerprint density at radius 1 is 1.43 bits per heavy atom. The highest BCUT2D eigenvalue weighted by Gasteiger charge is 2.28. The van der Waals surface area contributed by atoms with Crippen molar-refractivity contribution in [2.75, 3.05) is 12.9 Å². The average Bonchev–Trinajstić information content (AvgIpc) is 3.18. The molecule has 0 atom stereocenters. The van der Waals surface area contributed by atoms with Gasteiger partial charge in [-0.2, -0.15) is 0 Å². The summed E-state index contributed by atoms with van der Waals surface area (Å²) >= 11 is 1.30. The Kier molecular flexibility index (Phi) is 4.47. The van der Waals surface area contributed by atoms with Crippen LogP contribution in [0.15, 0.2) is 52.0 Å². The van der Waals surface area contributed by atoms with Gasteiger partial charge in [-0.3, -0.25) is 9.69 Å². The summed E-state index contributed by atoms with van der Waals surface area (Å²) in [6.07, 6.45) is 1.31. The second-order valence-electron chi connectivity index (χ2n) is 4.82. The van der Waals surface area contributed by atoms with Crippen LogP contribution in [0.1, 0.15) is 5.69 Å². The Balaban J connectivity index is 1.78. The zero-order chi connectivity index (χ0) is 16.2. The van der Waals surface area contributed by atoms with E-state index in [1.54, 1.807) is 6.07 Å². The van der Waals surface area contributed by atoms with Crippen molar-refractivity contribution in [2.45, 2.75) is 6.54 Å². The Bertz CT molecular complexity index is 754. The predicted molar refractivity (Wildman–Crippen MR) is 85.0 cm³/mol. The first-order valence-electron chi connectivity index (χ1n) is 6.91. The summed E-state index contributed by atoms with van der Waals surface area (Å²) in [4.78, 5) is 24.9. The van der Waals surface area contributed by atoms with Crippen molar-refractivity contribution in [1.82, 2.24) is 10.1 Å². The van der Waals surface area contributed by atoms with E-state index >= 15 is 0 Å². The zero-order valence-electron chi connectivity index (χ0n) is 12.4. The lowest BCUT2D eigenvalue weighted by Gasteiger charge is -2.14. The largest absolute Gasteiger partial charge is 0.466 e. The predicted octanol–water partition coefficient (Wildman–Crippen LogP) is 2.43. The first-order chi connectivity index (χ1) is 11.2. The van der Waals surface area contributed by atoms with Gasteiger partial charge < -0.3 is 9.26 Å². The Labute approximate surface area is 137 Å². The molecule has 1 fully saturated rings. The van der Waals surface area contributed by atoms with Crippen LogP contribution in [0.2, 0.25) is 0 Å². The van der Waals surface area contributed by atoms with Crippen LogP contribution >= 0.6 is 11.8 Å². The number of carbonyl (C=O) groups is 2. The molecule has 1 saturated heterocycles. The molecule has 23 heavy (non-hydrogen) atoms. The molecule has 0 radical (unpaired) electrons. The number of ether oxygens (including phenoxy) is 1. The second-order valence-corrected chi connectivity index (χ2v) is 5.82. The number of amides is 1. The normalized spacial score (nSPS) is 16.1. The number of methoxy groups -OCH3 is 1. The van der Waals surface area contributed by atoms with Gasteiger partial charge in [-0.15, -0.1) is 0 Å². The van der Waals surface area contributed by atoms with Crippen molar-refractivity contribution in [3.8, 4) is 11.3 Å². The molecular formula is C16H14N2O4S. The first kappa shape index (κ1) is 15.4. The molecule has 0 unspecified atom stereocenters. The van der Waals surface area contributed by atoms with E-state index in [1.807, 2.05) is 30.3 Å². The average molecular weight is 330 g/mol. The molecule has 0 spiro atoms. The summed E-state index contributed by atoms with van der Waals surface area (Å²) in [6, 6.07) is 11.4. The van der Waals surface area contributed by atoms with Crippen LogP contribution < -0.4 is 0 Å².